The first-order valence-electron chi connectivity index (χ1n) is 14.1. The van der Waals surface area contributed by atoms with Gasteiger partial charge >= 0.3 is 0 Å². The maximum Gasteiger partial charge on any atom is 0.220 e. The number of aromatic nitrogens is 3. The molecule has 0 saturated carbocycles. The van der Waals surface area contributed by atoms with Gasteiger partial charge in [-0.1, -0.05) is 91.0 Å². The van der Waals surface area contributed by atoms with E-state index in [2.05, 4.69) is 97.5 Å². The van der Waals surface area contributed by atoms with Gasteiger partial charge in [0.2, 0.25) is 6.41 Å². The Morgan fingerprint density at radius 3 is 2.02 bits per heavy atom. The van der Waals surface area contributed by atoms with Gasteiger partial charge in [0.05, 0.1) is 23.6 Å². The van der Waals surface area contributed by atoms with E-state index >= 15 is 0 Å². The third kappa shape index (κ3) is 5.68. The quantitative estimate of drug-likeness (QED) is 0.232. The second kappa shape index (κ2) is 12.3. The maximum atomic E-state index is 12.5. The largest absolute Gasteiger partial charge is 0.357 e. The molecular weight excluding hydrogens is 508 g/mol. The van der Waals surface area contributed by atoms with Gasteiger partial charge in [-0.2, -0.15) is 0 Å². The van der Waals surface area contributed by atoms with Crippen molar-refractivity contribution in [2.45, 2.75) is 19.5 Å². The molecule has 1 N–H and O–H groups in total. The minimum Gasteiger partial charge on any atom is -0.357 e. The third-order valence-corrected chi connectivity index (χ3v) is 7.84. The van der Waals surface area contributed by atoms with E-state index in [1.54, 1.807) is 23.5 Å². The monoisotopic (exact) mass is 542 g/mol. The van der Waals surface area contributed by atoms with Crippen LogP contribution in [0.5, 0.6) is 0 Å². The highest BCUT2D eigenvalue weighted by molar-refractivity contribution is 5.90. The van der Waals surface area contributed by atoms with Gasteiger partial charge in [0.1, 0.15) is 0 Å². The Bertz CT molecular complexity index is 1510. The number of hydrogen-bond donors (Lipinski definition) is 1. The molecule has 0 spiro atoms. The van der Waals surface area contributed by atoms with Gasteiger partial charge in [-0.3, -0.25) is 24.5 Å². The molecule has 3 heterocycles. The standard InChI is InChI=1S/C34H34N6O/c1-26-33(40(25-41)31-23-35-17-18-36-31)30(32(37-26)27-11-5-2-6-12-27)24-38-19-21-39(22-20-38)34(28-13-7-3-8-14-28)29-15-9-4-10-16-29/h2-18,23,25,34,37H,19-22,24H2,1H3. The second-order valence-electron chi connectivity index (χ2n) is 10.4. The molecule has 5 aromatic rings. The van der Waals surface area contributed by atoms with Gasteiger partial charge in [0, 0.05) is 56.4 Å². The van der Waals surface area contributed by atoms with Crippen molar-refractivity contribution in [3.8, 4) is 11.3 Å². The normalized spacial score (nSPS) is 14.3. The average molecular weight is 543 g/mol. The van der Waals surface area contributed by atoms with Crippen LogP contribution in [-0.2, 0) is 11.3 Å². The van der Waals surface area contributed by atoms with Crippen LogP contribution in [0.4, 0.5) is 11.5 Å². The molecule has 1 amide bonds. The molecule has 41 heavy (non-hydrogen) atoms. The zero-order valence-electron chi connectivity index (χ0n) is 23.2. The number of amides is 1. The fourth-order valence-electron chi connectivity index (χ4n) is 5.92. The third-order valence-electron chi connectivity index (χ3n) is 7.84. The molecule has 7 heteroatoms. The number of benzene rings is 3. The first-order valence-corrected chi connectivity index (χ1v) is 14.1. The van der Waals surface area contributed by atoms with Crippen LogP contribution < -0.4 is 4.90 Å². The van der Waals surface area contributed by atoms with E-state index in [9.17, 15) is 4.79 Å². The lowest BCUT2D eigenvalue weighted by molar-refractivity contribution is -0.106. The van der Waals surface area contributed by atoms with Crippen LogP contribution in [0.3, 0.4) is 0 Å². The number of rotatable bonds is 9. The summed E-state index contributed by atoms with van der Waals surface area (Å²) in [6.45, 7) is 6.44. The molecule has 3 aromatic carbocycles. The van der Waals surface area contributed by atoms with E-state index in [-0.39, 0.29) is 6.04 Å². The first-order chi connectivity index (χ1) is 20.2. The number of piperazine rings is 1. The summed E-state index contributed by atoms with van der Waals surface area (Å²) >= 11 is 0. The van der Waals surface area contributed by atoms with Crippen LogP contribution in [-0.4, -0.2) is 57.3 Å². The number of anilines is 2. The van der Waals surface area contributed by atoms with Crippen molar-refractivity contribution in [2.75, 3.05) is 31.1 Å². The molecule has 0 aliphatic carbocycles. The molecule has 0 radical (unpaired) electrons. The van der Waals surface area contributed by atoms with E-state index in [0.29, 0.717) is 12.4 Å². The molecule has 0 unspecified atom stereocenters. The lowest BCUT2D eigenvalue weighted by Gasteiger charge is -2.40. The Balaban J connectivity index is 1.29. The Hall–Kier alpha value is -4.59. The SMILES string of the molecule is Cc1[nH]c(-c2ccccc2)c(CN2CCN(C(c3ccccc3)c3ccccc3)CC2)c1N(C=O)c1cnccn1. The van der Waals surface area contributed by atoms with Crippen molar-refractivity contribution in [1.29, 1.82) is 0 Å². The Kier molecular flexibility index (Phi) is 7.98. The molecule has 206 valence electrons. The molecule has 1 fully saturated rings. The molecule has 0 bridgehead atoms. The van der Waals surface area contributed by atoms with Gasteiger partial charge in [-0.25, -0.2) is 4.98 Å². The molecule has 1 saturated heterocycles. The molecule has 1 aliphatic rings. The summed E-state index contributed by atoms with van der Waals surface area (Å²) in [5.74, 6) is 0.504. The number of aryl methyl sites for hydroxylation is 1. The number of hydrogen-bond acceptors (Lipinski definition) is 5. The number of nitrogens with one attached hydrogen (secondary N) is 1. The first kappa shape index (κ1) is 26.6. The van der Waals surface area contributed by atoms with Crippen molar-refractivity contribution in [1.82, 2.24) is 24.8 Å². The minimum atomic E-state index is 0.215. The summed E-state index contributed by atoms with van der Waals surface area (Å²) in [5.41, 5.74) is 7.59. The van der Waals surface area contributed by atoms with Gasteiger partial charge in [-0.05, 0) is 23.6 Å². The molecule has 6 rings (SSSR count). The zero-order chi connectivity index (χ0) is 28.0. The van der Waals surface area contributed by atoms with Gasteiger partial charge in [0.25, 0.3) is 0 Å². The Morgan fingerprint density at radius 1 is 0.854 bits per heavy atom. The Morgan fingerprint density at radius 2 is 1.46 bits per heavy atom. The van der Waals surface area contributed by atoms with Crippen molar-refractivity contribution in [3.05, 3.63) is 132 Å². The zero-order valence-corrected chi connectivity index (χ0v) is 23.2. The van der Waals surface area contributed by atoms with Crippen LogP contribution >= 0.6 is 0 Å². The van der Waals surface area contributed by atoms with Crippen LogP contribution in [0, 0.1) is 6.92 Å². The fourth-order valence-corrected chi connectivity index (χ4v) is 5.92. The predicted octanol–water partition coefficient (Wildman–Crippen LogP) is 5.98. The van der Waals surface area contributed by atoms with E-state index in [0.717, 1.165) is 60.8 Å². The van der Waals surface area contributed by atoms with E-state index < -0.39 is 0 Å². The van der Waals surface area contributed by atoms with Crippen LogP contribution in [0.25, 0.3) is 11.3 Å². The Labute approximate surface area is 241 Å². The summed E-state index contributed by atoms with van der Waals surface area (Å²) in [6.07, 6.45) is 5.69. The maximum absolute atomic E-state index is 12.5. The summed E-state index contributed by atoms with van der Waals surface area (Å²) in [7, 11) is 0. The van der Waals surface area contributed by atoms with E-state index in [4.69, 9.17) is 0 Å². The van der Waals surface area contributed by atoms with Crippen LogP contribution in [0.15, 0.2) is 110 Å². The highest BCUT2D eigenvalue weighted by atomic mass is 16.1. The lowest BCUT2D eigenvalue weighted by atomic mass is 9.96. The predicted molar refractivity (Wildman–Crippen MR) is 163 cm³/mol. The van der Waals surface area contributed by atoms with Crippen molar-refractivity contribution >= 4 is 17.9 Å². The van der Waals surface area contributed by atoms with Gasteiger partial charge in [-0.15, -0.1) is 0 Å². The molecule has 2 aromatic heterocycles. The van der Waals surface area contributed by atoms with Gasteiger partial charge in [0.15, 0.2) is 5.82 Å². The second-order valence-corrected chi connectivity index (χ2v) is 10.4. The molecular formula is C34H34N6O. The average Bonchev–Trinajstić information content (AvgIpc) is 3.35. The number of carbonyl (C=O) groups is 1. The van der Waals surface area contributed by atoms with Crippen molar-refractivity contribution in [2.24, 2.45) is 0 Å². The van der Waals surface area contributed by atoms with Crippen LogP contribution in [0.2, 0.25) is 0 Å². The minimum absolute atomic E-state index is 0.215. The number of H-pyrrole nitrogens is 1. The lowest BCUT2D eigenvalue weighted by Crippen LogP contribution is -2.47. The fraction of sp³-hybridized carbons (Fsp3) is 0.206. The summed E-state index contributed by atoms with van der Waals surface area (Å²) in [6, 6.07) is 32.1. The summed E-state index contributed by atoms with van der Waals surface area (Å²) in [4.78, 5) is 31.4. The molecule has 7 nitrogen and oxygen atoms in total. The van der Waals surface area contributed by atoms with E-state index in [1.807, 2.05) is 25.1 Å². The highest BCUT2D eigenvalue weighted by Gasteiger charge is 2.29. The topological polar surface area (TPSA) is 68.4 Å². The summed E-state index contributed by atoms with van der Waals surface area (Å²) < 4.78 is 0. The number of carbonyl (C=O) groups excluding carboxylic acids is 1. The smallest absolute Gasteiger partial charge is 0.220 e. The van der Waals surface area contributed by atoms with Gasteiger partial charge < -0.3 is 4.98 Å². The number of nitrogens with zero attached hydrogens (tertiary/aromatic N) is 5. The van der Waals surface area contributed by atoms with E-state index in [1.165, 1.54) is 11.1 Å². The highest BCUT2D eigenvalue weighted by Crippen LogP contribution is 2.38. The molecule has 0 atom stereocenters. The number of aromatic amines is 1. The summed E-state index contributed by atoms with van der Waals surface area (Å²) in [5, 5.41) is 0. The molecule has 1 aliphatic heterocycles. The van der Waals surface area contributed by atoms with Crippen molar-refractivity contribution in [3.63, 3.8) is 0 Å². The van der Waals surface area contributed by atoms with Crippen molar-refractivity contribution < 1.29 is 4.79 Å². The van der Waals surface area contributed by atoms with Crippen LogP contribution in [0.1, 0.15) is 28.4 Å².